The minimum Gasteiger partial charge on any atom is -0.357 e. The molecule has 0 aliphatic rings. The second kappa shape index (κ2) is 14.1. The zero-order valence-electron chi connectivity index (χ0n) is 24.1. The highest BCUT2D eigenvalue weighted by atomic mass is 35.5. The maximum absolute atomic E-state index is 14.4. The van der Waals surface area contributed by atoms with E-state index in [2.05, 4.69) is 5.32 Å². The van der Waals surface area contributed by atoms with Gasteiger partial charge in [-0.05, 0) is 60.9 Å². The molecule has 0 saturated carbocycles. The van der Waals surface area contributed by atoms with Crippen molar-refractivity contribution in [1.29, 1.82) is 0 Å². The van der Waals surface area contributed by atoms with E-state index in [4.69, 9.17) is 23.2 Å². The third-order valence-electron chi connectivity index (χ3n) is 7.15. The summed E-state index contributed by atoms with van der Waals surface area (Å²) >= 11 is 13.0. The molecule has 0 aliphatic heterocycles. The number of carbonyl (C=O) groups excluding carboxylic acids is 2. The number of amides is 2. The number of halogens is 2. The average Bonchev–Trinajstić information content (AvgIpc) is 3.00. The Morgan fingerprint density at radius 3 is 2.05 bits per heavy atom. The number of aryl methyl sites for hydroxylation is 2. The molecule has 0 bridgehead atoms. The van der Waals surface area contributed by atoms with Crippen molar-refractivity contribution in [2.24, 2.45) is 0 Å². The fourth-order valence-corrected chi connectivity index (χ4v) is 6.80. The highest BCUT2D eigenvalue weighted by Crippen LogP contribution is 2.30. The van der Waals surface area contributed by atoms with Crippen LogP contribution in [-0.4, -0.2) is 44.8 Å². The summed E-state index contributed by atoms with van der Waals surface area (Å²) in [7, 11) is -2.69. The van der Waals surface area contributed by atoms with Gasteiger partial charge in [0.15, 0.2) is 0 Å². The lowest BCUT2D eigenvalue weighted by Gasteiger charge is -2.34. The van der Waals surface area contributed by atoms with Crippen LogP contribution in [0.25, 0.3) is 0 Å². The highest BCUT2D eigenvalue weighted by molar-refractivity contribution is 7.92. The van der Waals surface area contributed by atoms with Gasteiger partial charge >= 0.3 is 0 Å². The summed E-state index contributed by atoms with van der Waals surface area (Å²) in [6.45, 7) is 2.96. The van der Waals surface area contributed by atoms with Crippen LogP contribution in [0, 0.1) is 13.8 Å². The Kier molecular flexibility index (Phi) is 10.5. The van der Waals surface area contributed by atoms with Crippen LogP contribution in [0.5, 0.6) is 0 Å². The third kappa shape index (κ3) is 7.57. The maximum Gasteiger partial charge on any atom is 0.264 e. The van der Waals surface area contributed by atoms with Crippen molar-refractivity contribution in [3.63, 3.8) is 0 Å². The molecule has 7 nitrogen and oxygen atoms in total. The minimum atomic E-state index is -4.19. The van der Waals surface area contributed by atoms with E-state index in [0.717, 1.165) is 15.4 Å². The van der Waals surface area contributed by atoms with Crippen molar-refractivity contribution in [3.05, 3.63) is 129 Å². The Hall–Kier alpha value is -3.85. The number of benzene rings is 4. The molecule has 2 amide bonds. The predicted molar refractivity (Wildman–Crippen MR) is 172 cm³/mol. The number of rotatable bonds is 11. The number of nitrogens with zero attached hydrogens (tertiary/aromatic N) is 2. The number of hydrogen-bond donors (Lipinski definition) is 1. The lowest BCUT2D eigenvalue weighted by Crippen LogP contribution is -2.53. The fourth-order valence-electron chi connectivity index (χ4n) is 4.80. The Labute approximate surface area is 263 Å². The number of likely N-dealkylation sites (N-methyl/N-ethyl adjacent to an activating group) is 1. The van der Waals surface area contributed by atoms with Crippen molar-refractivity contribution < 1.29 is 18.0 Å². The zero-order chi connectivity index (χ0) is 31.1. The molecule has 4 aromatic rings. The van der Waals surface area contributed by atoms with Crippen molar-refractivity contribution >= 4 is 50.7 Å². The summed E-state index contributed by atoms with van der Waals surface area (Å²) in [4.78, 5) is 29.2. The standard InChI is InChI=1S/C33H33Cl2N3O4S/c1-23-17-18-24(2)30(19-23)38(43(41,42)26-13-8-5-9-14-26)22-32(39)37(21-27-28(34)15-10-16-29(27)35)31(33(40)36-3)20-25-11-6-4-7-12-25/h4-19,31H,20-22H2,1-3H3,(H,36,40). The lowest BCUT2D eigenvalue weighted by atomic mass is 10.0. The molecule has 4 aromatic carbocycles. The van der Waals surface area contributed by atoms with Crippen LogP contribution >= 0.6 is 23.2 Å². The van der Waals surface area contributed by atoms with E-state index >= 15 is 0 Å². The third-order valence-corrected chi connectivity index (χ3v) is 9.63. The number of nitrogens with one attached hydrogen (secondary N) is 1. The van der Waals surface area contributed by atoms with Crippen LogP contribution in [0.3, 0.4) is 0 Å². The smallest absolute Gasteiger partial charge is 0.264 e. The molecule has 10 heteroatoms. The van der Waals surface area contributed by atoms with Gasteiger partial charge < -0.3 is 10.2 Å². The highest BCUT2D eigenvalue weighted by Gasteiger charge is 2.35. The van der Waals surface area contributed by atoms with Crippen molar-refractivity contribution in [2.75, 3.05) is 17.9 Å². The zero-order valence-corrected chi connectivity index (χ0v) is 26.5. The SMILES string of the molecule is CNC(=O)C(Cc1ccccc1)N(Cc1c(Cl)cccc1Cl)C(=O)CN(c1cc(C)ccc1C)S(=O)(=O)c1ccccc1. The predicted octanol–water partition coefficient (Wildman–Crippen LogP) is 6.19. The number of anilines is 1. The Morgan fingerprint density at radius 1 is 0.837 bits per heavy atom. The largest absolute Gasteiger partial charge is 0.357 e. The molecule has 1 atom stereocenters. The second-order valence-corrected chi connectivity index (χ2v) is 12.8. The Morgan fingerprint density at radius 2 is 1.44 bits per heavy atom. The quantitative estimate of drug-likeness (QED) is 0.212. The second-order valence-electron chi connectivity index (χ2n) is 10.2. The summed E-state index contributed by atoms with van der Waals surface area (Å²) in [6, 6.07) is 26.7. The molecule has 0 heterocycles. The van der Waals surface area contributed by atoms with Gasteiger partial charge in [-0.1, -0.05) is 89.9 Å². The minimum absolute atomic E-state index is 0.0385. The van der Waals surface area contributed by atoms with E-state index < -0.39 is 34.4 Å². The van der Waals surface area contributed by atoms with Crippen LogP contribution in [0.4, 0.5) is 5.69 Å². The Bertz CT molecular complexity index is 1680. The molecule has 0 saturated heterocycles. The van der Waals surface area contributed by atoms with E-state index in [1.54, 1.807) is 49.4 Å². The Balaban J connectivity index is 1.85. The molecular weight excluding hydrogens is 605 g/mol. The molecule has 1 unspecified atom stereocenters. The summed E-state index contributed by atoms with van der Waals surface area (Å²) < 4.78 is 29.3. The van der Waals surface area contributed by atoms with Gasteiger partial charge in [0.25, 0.3) is 10.0 Å². The van der Waals surface area contributed by atoms with Gasteiger partial charge in [-0.15, -0.1) is 0 Å². The van der Waals surface area contributed by atoms with E-state index in [1.165, 1.54) is 24.1 Å². The average molecular weight is 639 g/mol. The summed E-state index contributed by atoms with van der Waals surface area (Å²) in [5.74, 6) is -1.01. The molecule has 0 aliphatic carbocycles. The molecule has 0 aromatic heterocycles. The van der Waals surface area contributed by atoms with Crippen molar-refractivity contribution in [1.82, 2.24) is 10.2 Å². The van der Waals surface area contributed by atoms with E-state index in [0.29, 0.717) is 26.9 Å². The molecular formula is C33H33Cl2N3O4S. The van der Waals surface area contributed by atoms with Gasteiger partial charge in [-0.25, -0.2) is 8.42 Å². The van der Waals surface area contributed by atoms with Crippen LogP contribution in [-0.2, 0) is 32.6 Å². The van der Waals surface area contributed by atoms with E-state index in [9.17, 15) is 18.0 Å². The normalized spacial score (nSPS) is 11.9. The molecule has 0 radical (unpaired) electrons. The molecule has 4 rings (SSSR count). The first-order chi connectivity index (χ1) is 20.5. The fraction of sp³-hybridized carbons (Fsp3) is 0.212. The topological polar surface area (TPSA) is 86.8 Å². The first-order valence-electron chi connectivity index (χ1n) is 13.7. The summed E-state index contributed by atoms with van der Waals surface area (Å²) in [5, 5.41) is 3.31. The van der Waals surface area contributed by atoms with Crippen LogP contribution in [0.15, 0.2) is 102 Å². The summed E-state index contributed by atoms with van der Waals surface area (Å²) in [6.07, 6.45) is 0.184. The van der Waals surface area contributed by atoms with Crippen LogP contribution < -0.4 is 9.62 Å². The molecule has 43 heavy (non-hydrogen) atoms. The lowest BCUT2D eigenvalue weighted by molar-refractivity contribution is -0.139. The monoisotopic (exact) mass is 637 g/mol. The van der Waals surface area contributed by atoms with Gasteiger partial charge in [0.2, 0.25) is 11.8 Å². The first kappa shape index (κ1) is 32.1. The van der Waals surface area contributed by atoms with E-state index in [-0.39, 0.29) is 17.9 Å². The number of hydrogen-bond acceptors (Lipinski definition) is 4. The molecule has 224 valence electrons. The van der Waals surface area contributed by atoms with Crippen molar-refractivity contribution in [3.8, 4) is 0 Å². The van der Waals surface area contributed by atoms with Crippen molar-refractivity contribution in [2.45, 2.75) is 37.8 Å². The number of sulfonamides is 1. The van der Waals surface area contributed by atoms with Gasteiger partial charge in [-0.2, -0.15) is 0 Å². The van der Waals surface area contributed by atoms with Gasteiger partial charge in [0.1, 0.15) is 12.6 Å². The number of carbonyl (C=O) groups is 2. The van der Waals surface area contributed by atoms with Gasteiger partial charge in [0, 0.05) is 35.6 Å². The van der Waals surface area contributed by atoms with Crippen LogP contribution in [0.2, 0.25) is 10.0 Å². The van der Waals surface area contributed by atoms with Crippen LogP contribution in [0.1, 0.15) is 22.3 Å². The first-order valence-corrected chi connectivity index (χ1v) is 15.9. The molecule has 1 N–H and O–H groups in total. The molecule has 0 spiro atoms. The van der Waals surface area contributed by atoms with Gasteiger partial charge in [-0.3, -0.25) is 13.9 Å². The van der Waals surface area contributed by atoms with E-state index in [1.807, 2.05) is 49.4 Å². The molecule has 0 fully saturated rings. The summed E-state index contributed by atoms with van der Waals surface area (Å²) in [5.41, 5.74) is 3.14. The van der Waals surface area contributed by atoms with Gasteiger partial charge in [0.05, 0.1) is 10.6 Å². The maximum atomic E-state index is 14.4.